The molecular formula is C11H10N2O3. The van der Waals surface area contributed by atoms with E-state index in [0.29, 0.717) is 5.56 Å². The minimum Gasteiger partial charge on any atom is -0.467 e. The zero-order valence-electron chi connectivity index (χ0n) is 8.64. The molecule has 1 rings (SSSR count). The Morgan fingerprint density at radius 2 is 2.00 bits per heavy atom. The molecule has 82 valence electrons. The van der Waals surface area contributed by atoms with Gasteiger partial charge in [0.15, 0.2) is 0 Å². The fourth-order valence-corrected chi connectivity index (χ4v) is 1.07. The van der Waals surface area contributed by atoms with Crippen molar-refractivity contribution in [3.63, 3.8) is 0 Å². The molecule has 1 aromatic carbocycles. The number of hydrogen-bond donors (Lipinski definition) is 1. The van der Waals surface area contributed by atoms with E-state index in [1.54, 1.807) is 36.4 Å². The molecule has 0 aromatic heterocycles. The molecule has 0 fully saturated rings. The molecule has 1 N–H and O–H groups in total. The molecule has 1 atom stereocenters. The number of ether oxygens (including phenoxy) is 1. The second-order valence-electron chi connectivity index (χ2n) is 2.92. The minimum absolute atomic E-state index is 0.381. The van der Waals surface area contributed by atoms with E-state index in [2.05, 4.69) is 10.1 Å². The van der Waals surface area contributed by atoms with Crippen LogP contribution in [0.2, 0.25) is 0 Å². The zero-order chi connectivity index (χ0) is 12.0. The van der Waals surface area contributed by atoms with Gasteiger partial charge in [-0.05, 0) is 12.1 Å². The first-order valence-corrected chi connectivity index (χ1v) is 4.52. The number of carbonyl (C=O) groups excluding carboxylic acids is 2. The number of esters is 1. The predicted octanol–water partition coefficient (Wildman–Crippen LogP) is 0.482. The highest BCUT2D eigenvalue weighted by atomic mass is 16.5. The molecule has 1 aromatic rings. The molecule has 0 aliphatic heterocycles. The number of carbonyl (C=O) groups is 2. The molecule has 5 nitrogen and oxygen atoms in total. The summed E-state index contributed by atoms with van der Waals surface area (Å²) in [5.41, 5.74) is 0.381. The molecule has 0 heterocycles. The van der Waals surface area contributed by atoms with Gasteiger partial charge < -0.3 is 10.1 Å². The quantitative estimate of drug-likeness (QED) is 0.748. The minimum atomic E-state index is -1.28. The van der Waals surface area contributed by atoms with Crippen LogP contribution in [0.15, 0.2) is 30.3 Å². The number of nitrogens with one attached hydrogen (secondary N) is 1. The van der Waals surface area contributed by atoms with Crippen LogP contribution in [-0.4, -0.2) is 25.0 Å². The molecule has 0 aliphatic carbocycles. The van der Waals surface area contributed by atoms with Gasteiger partial charge in [0.05, 0.1) is 13.2 Å². The van der Waals surface area contributed by atoms with Crippen LogP contribution in [-0.2, 0) is 9.53 Å². The molecule has 0 saturated heterocycles. The summed E-state index contributed by atoms with van der Waals surface area (Å²) < 4.78 is 4.36. The van der Waals surface area contributed by atoms with Crippen LogP contribution < -0.4 is 5.32 Å². The highest BCUT2D eigenvalue weighted by Gasteiger charge is 2.21. The van der Waals surface area contributed by atoms with Crippen LogP contribution >= 0.6 is 0 Å². The molecular weight excluding hydrogens is 208 g/mol. The number of benzene rings is 1. The van der Waals surface area contributed by atoms with Crippen molar-refractivity contribution in [2.24, 2.45) is 0 Å². The average molecular weight is 218 g/mol. The number of rotatable bonds is 3. The van der Waals surface area contributed by atoms with Crippen molar-refractivity contribution in [3.8, 4) is 6.07 Å². The second kappa shape index (κ2) is 5.51. The van der Waals surface area contributed by atoms with E-state index in [9.17, 15) is 9.59 Å². The summed E-state index contributed by atoms with van der Waals surface area (Å²) in [6.45, 7) is 0. The van der Waals surface area contributed by atoms with Gasteiger partial charge in [-0.25, -0.2) is 4.79 Å². The lowest BCUT2D eigenvalue weighted by molar-refractivity contribution is -0.141. The Balaban J connectivity index is 2.71. The summed E-state index contributed by atoms with van der Waals surface area (Å²) >= 11 is 0. The standard InChI is InChI=1S/C11H10N2O3/c1-16-11(15)9(7-12)13-10(14)8-5-3-2-4-6-8/h2-6,9H,1H3,(H,13,14)/t9-/m0/s1. The summed E-state index contributed by atoms with van der Waals surface area (Å²) in [6, 6.07) is 8.68. The molecule has 5 heteroatoms. The zero-order valence-corrected chi connectivity index (χ0v) is 8.64. The fourth-order valence-electron chi connectivity index (χ4n) is 1.07. The van der Waals surface area contributed by atoms with E-state index in [1.807, 2.05) is 0 Å². The first-order chi connectivity index (χ1) is 7.69. The van der Waals surface area contributed by atoms with E-state index in [0.717, 1.165) is 7.11 Å². The Labute approximate surface area is 92.6 Å². The van der Waals surface area contributed by atoms with Crippen molar-refractivity contribution in [1.82, 2.24) is 5.32 Å². The summed E-state index contributed by atoms with van der Waals surface area (Å²) in [7, 11) is 1.15. The molecule has 0 aliphatic rings. The van der Waals surface area contributed by atoms with Crippen molar-refractivity contribution < 1.29 is 14.3 Å². The highest BCUT2D eigenvalue weighted by molar-refractivity contribution is 5.97. The van der Waals surface area contributed by atoms with Crippen molar-refractivity contribution in [2.75, 3.05) is 7.11 Å². The van der Waals surface area contributed by atoms with Crippen LogP contribution in [0.5, 0.6) is 0 Å². The third-order valence-electron chi connectivity index (χ3n) is 1.88. The molecule has 0 spiro atoms. The normalized spacial score (nSPS) is 11.0. The third kappa shape index (κ3) is 2.82. The Kier molecular flexibility index (Phi) is 4.04. The summed E-state index contributed by atoms with van der Waals surface area (Å²) in [4.78, 5) is 22.6. The van der Waals surface area contributed by atoms with E-state index in [-0.39, 0.29) is 0 Å². The van der Waals surface area contributed by atoms with Crippen LogP contribution in [0.25, 0.3) is 0 Å². The number of hydrogen-bond acceptors (Lipinski definition) is 4. The van der Waals surface area contributed by atoms with E-state index < -0.39 is 17.9 Å². The number of methoxy groups -OCH3 is 1. The van der Waals surface area contributed by atoms with Crippen molar-refractivity contribution in [2.45, 2.75) is 6.04 Å². The maximum atomic E-state index is 11.6. The maximum absolute atomic E-state index is 11.6. The Bertz CT molecular complexity index is 423. The predicted molar refractivity (Wildman–Crippen MR) is 55.3 cm³/mol. The van der Waals surface area contributed by atoms with Crippen molar-refractivity contribution in [3.05, 3.63) is 35.9 Å². The van der Waals surface area contributed by atoms with Gasteiger partial charge in [0.25, 0.3) is 5.91 Å². The van der Waals surface area contributed by atoms with Crippen LogP contribution in [0.1, 0.15) is 10.4 Å². The van der Waals surface area contributed by atoms with Gasteiger partial charge in [0.1, 0.15) is 0 Å². The smallest absolute Gasteiger partial charge is 0.343 e. The lowest BCUT2D eigenvalue weighted by Crippen LogP contribution is -2.40. The molecule has 16 heavy (non-hydrogen) atoms. The summed E-state index contributed by atoms with van der Waals surface area (Å²) in [5.74, 6) is -1.27. The van der Waals surface area contributed by atoms with Crippen LogP contribution in [0.3, 0.4) is 0 Å². The largest absolute Gasteiger partial charge is 0.467 e. The first-order valence-electron chi connectivity index (χ1n) is 4.52. The second-order valence-corrected chi connectivity index (χ2v) is 2.92. The topological polar surface area (TPSA) is 79.2 Å². The van der Waals surface area contributed by atoms with Gasteiger partial charge in [0.2, 0.25) is 6.04 Å². The molecule has 0 saturated carbocycles. The van der Waals surface area contributed by atoms with Crippen molar-refractivity contribution in [1.29, 1.82) is 5.26 Å². The lowest BCUT2D eigenvalue weighted by atomic mass is 10.2. The number of amides is 1. The van der Waals surface area contributed by atoms with Crippen LogP contribution in [0, 0.1) is 11.3 Å². The average Bonchev–Trinajstić information content (AvgIpc) is 2.35. The van der Waals surface area contributed by atoms with E-state index in [4.69, 9.17) is 5.26 Å². The van der Waals surface area contributed by atoms with Crippen LogP contribution in [0.4, 0.5) is 0 Å². The molecule has 0 unspecified atom stereocenters. The van der Waals surface area contributed by atoms with E-state index >= 15 is 0 Å². The van der Waals surface area contributed by atoms with Gasteiger partial charge in [-0.2, -0.15) is 5.26 Å². The fraction of sp³-hybridized carbons (Fsp3) is 0.182. The van der Waals surface area contributed by atoms with Gasteiger partial charge in [0, 0.05) is 5.56 Å². The Hall–Kier alpha value is -2.35. The highest BCUT2D eigenvalue weighted by Crippen LogP contribution is 1.99. The maximum Gasteiger partial charge on any atom is 0.343 e. The van der Waals surface area contributed by atoms with Gasteiger partial charge in [-0.3, -0.25) is 4.79 Å². The van der Waals surface area contributed by atoms with E-state index in [1.165, 1.54) is 0 Å². The van der Waals surface area contributed by atoms with Gasteiger partial charge in [-0.1, -0.05) is 18.2 Å². The van der Waals surface area contributed by atoms with Crippen molar-refractivity contribution >= 4 is 11.9 Å². The van der Waals surface area contributed by atoms with Gasteiger partial charge >= 0.3 is 5.97 Å². The molecule has 0 bridgehead atoms. The number of nitriles is 1. The monoisotopic (exact) mass is 218 g/mol. The third-order valence-corrected chi connectivity index (χ3v) is 1.88. The first kappa shape index (κ1) is 11.7. The number of nitrogens with zero attached hydrogens (tertiary/aromatic N) is 1. The Morgan fingerprint density at radius 3 is 2.50 bits per heavy atom. The summed E-state index contributed by atoms with van der Waals surface area (Å²) in [6.07, 6.45) is 0. The molecule has 0 radical (unpaired) electrons. The van der Waals surface area contributed by atoms with Gasteiger partial charge in [-0.15, -0.1) is 0 Å². The summed E-state index contributed by atoms with van der Waals surface area (Å²) in [5, 5.41) is 10.9. The molecule has 1 amide bonds. The Morgan fingerprint density at radius 1 is 1.38 bits per heavy atom. The SMILES string of the molecule is COC(=O)[C@H](C#N)NC(=O)c1ccccc1. The lowest BCUT2D eigenvalue weighted by Gasteiger charge is -2.08.